The molecule has 3 aromatic rings. The third kappa shape index (κ3) is 4.91. The summed E-state index contributed by atoms with van der Waals surface area (Å²) in [6.45, 7) is 3.34. The Balaban J connectivity index is 1.36. The number of para-hydroxylation sites is 1. The standard InChI is InChI=1S/C29H31N3O4/c1-20-12-14-23(15-13-20)36-17-7-16-31-19-21(24-10-5-6-11-26(24)31)18-25-27(33)30-29(35)32(28(25)34)22-8-3-2-4-9-22/h5-6,10-15,18-19,22H,2-4,7-9,16-17H2,1H3,(H,30,33,35). The lowest BCUT2D eigenvalue weighted by molar-refractivity contribution is -0.132. The summed E-state index contributed by atoms with van der Waals surface area (Å²) in [4.78, 5) is 39.8. The van der Waals surface area contributed by atoms with Gasteiger partial charge in [-0.15, -0.1) is 0 Å². The molecule has 0 bridgehead atoms. The molecule has 0 atom stereocenters. The predicted octanol–water partition coefficient (Wildman–Crippen LogP) is 5.21. The highest BCUT2D eigenvalue weighted by Gasteiger charge is 2.40. The lowest BCUT2D eigenvalue weighted by Gasteiger charge is -2.35. The van der Waals surface area contributed by atoms with Crippen molar-refractivity contribution >= 4 is 34.8 Å². The summed E-state index contributed by atoms with van der Waals surface area (Å²) >= 11 is 0. The van der Waals surface area contributed by atoms with Gasteiger partial charge >= 0.3 is 6.03 Å². The lowest BCUT2D eigenvalue weighted by Crippen LogP contribution is -2.58. The molecule has 1 aliphatic heterocycles. The van der Waals surface area contributed by atoms with E-state index in [2.05, 4.69) is 9.88 Å². The Morgan fingerprint density at radius 2 is 1.75 bits per heavy atom. The molecule has 2 aromatic carbocycles. The zero-order chi connectivity index (χ0) is 25.1. The van der Waals surface area contributed by atoms with E-state index in [0.717, 1.165) is 67.3 Å². The maximum atomic E-state index is 13.3. The minimum atomic E-state index is -0.639. The molecule has 4 amide bonds. The van der Waals surface area contributed by atoms with Gasteiger partial charge in [0.15, 0.2) is 0 Å². The number of rotatable bonds is 7. The molecule has 1 saturated heterocycles. The average Bonchev–Trinajstić information content (AvgIpc) is 3.23. The smallest absolute Gasteiger partial charge is 0.331 e. The van der Waals surface area contributed by atoms with Crippen molar-refractivity contribution in [2.75, 3.05) is 6.61 Å². The number of carbonyl (C=O) groups is 3. The molecule has 0 spiro atoms. The van der Waals surface area contributed by atoms with Crippen molar-refractivity contribution in [3.05, 3.63) is 71.4 Å². The molecule has 0 radical (unpaired) electrons. The van der Waals surface area contributed by atoms with Crippen LogP contribution in [0.15, 0.2) is 60.3 Å². The first kappa shape index (κ1) is 23.9. The van der Waals surface area contributed by atoms with Crippen LogP contribution in [0.25, 0.3) is 17.0 Å². The number of fused-ring (bicyclic) bond motifs is 1. The molecule has 1 aromatic heterocycles. The van der Waals surface area contributed by atoms with E-state index >= 15 is 0 Å². The molecule has 1 aliphatic carbocycles. The third-order valence-corrected chi connectivity index (χ3v) is 7.03. The van der Waals surface area contributed by atoms with Gasteiger partial charge in [0.05, 0.1) is 6.61 Å². The van der Waals surface area contributed by atoms with Crippen molar-refractivity contribution in [2.24, 2.45) is 0 Å². The number of carbonyl (C=O) groups excluding carboxylic acids is 3. The van der Waals surface area contributed by atoms with E-state index in [1.165, 1.54) is 10.5 Å². The number of imide groups is 2. The molecule has 2 heterocycles. The summed E-state index contributed by atoms with van der Waals surface area (Å²) in [5.74, 6) is -0.290. The zero-order valence-corrected chi connectivity index (χ0v) is 20.5. The molecule has 0 unspecified atom stereocenters. The molecule has 1 saturated carbocycles. The van der Waals surface area contributed by atoms with Crippen LogP contribution in [0.4, 0.5) is 4.79 Å². The Morgan fingerprint density at radius 1 is 1.00 bits per heavy atom. The summed E-state index contributed by atoms with van der Waals surface area (Å²) in [6.07, 6.45) is 9.02. The molecule has 36 heavy (non-hydrogen) atoms. The minimum absolute atomic E-state index is 0.00535. The van der Waals surface area contributed by atoms with Crippen molar-refractivity contribution in [1.29, 1.82) is 0 Å². The summed E-state index contributed by atoms with van der Waals surface area (Å²) in [6, 6.07) is 15.2. The maximum Gasteiger partial charge on any atom is 0.331 e. The number of amides is 4. The molecule has 7 nitrogen and oxygen atoms in total. The second-order valence-corrected chi connectivity index (χ2v) is 9.59. The molecular formula is C29H31N3O4. The summed E-state index contributed by atoms with van der Waals surface area (Å²) in [5, 5.41) is 3.33. The van der Waals surface area contributed by atoms with Gasteiger partial charge in [0.2, 0.25) is 0 Å². The largest absolute Gasteiger partial charge is 0.494 e. The molecular weight excluding hydrogens is 454 g/mol. The van der Waals surface area contributed by atoms with Gasteiger partial charge in [-0.1, -0.05) is 55.2 Å². The van der Waals surface area contributed by atoms with Gasteiger partial charge in [-0.2, -0.15) is 0 Å². The van der Waals surface area contributed by atoms with Gasteiger partial charge in [-0.05, 0) is 50.5 Å². The van der Waals surface area contributed by atoms with Gasteiger partial charge in [-0.3, -0.25) is 19.8 Å². The molecule has 2 aliphatic rings. The van der Waals surface area contributed by atoms with E-state index in [0.29, 0.717) is 6.61 Å². The molecule has 5 rings (SSSR count). The number of hydrogen-bond acceptors (Lipinski definition) is 4. The topological polar surface area (TPSA) is 80.6 Å². The maximum absolute atomic E-state index is 13.3. The van der Waals surface area contributed by atoms with Crippen LogP contribution in [0.2, 0.25) is 0 Å². The Morgan fingerprint density at radius 3 is 2.53 bits per heavy atom. The second kappa shape index (κ2) is 10.4. The number of ether oxygens (including phenoxy) is 1. The Kier molecular flexibility index (Phi) is 6.89. The zero-order valence-electron chi connectivity index (χ0n) is 20.5. The molecule has 7 heteroatoms. The van der Waals surface area contributed by atoms with E-state index in [1.807, 2.05) is 61.7 Å². The van der Waals surface area contributed by atoms with Crippen LogP contribution in [-0.4, -0.2) is 40.0 Å². The van der Waals surface area contributed by atoms with E-state index in [-0.39, 0.29) is 11.6 Å². The van der Waals surface area contributed by atoms with Gasteiger partial charge in [-0.25, -0.2) is 4.79 Å². The van der Waals surface area contributed by atoms with Crippen LogP contribution >= 0.6 is 0 Å². The number of hydrogen-bond donors (Lipinski definition) is 1. The van der Waals surface area contributed by atoms with Crippen LogP contribution in [0.3, 0.4) is 0 Å². The highest BCUT2D eigenvalue weighted by molar-refractivity contribution is 6.31. The summed E-state index contributed by atoms with van der Waals surface area (Å²) in [7, 11) is 0. The fraction of sp³-hybridized carbons (Fsp3) is 0.345. The molecule has 1 N–H and O–H groups in total. The lowest BCUT2D eigenvalue weighted by atomic mass is 9.93. The summed E-state index contributed by atoms with van der Waals surface area (Å²) in [5.41, 5.74) is 3.00. The molecule has 2 fully saturated rings. The Labute approximate surface area is 210 Å². The predicted molar refractivity (Wildman–Crippen MR) is 138 cm³/mol. The number of aromatic nitrogens is 1. The first-order valence-corrected chi connectivity index (χ1v) is 12.7. The van der Waals surface area contributed by atoms with Gasteiger partial charge in [0.1, 0.15) is 11.3 Å². The van der Waals surface area contributed by atoms with Gasteiger partial charge in [0.25, 0.3) is 11.8 Å². The normalized spacial score (nSPS) is 18.2. The van der Waals surface area contributed by atoms with Crippen molar-refractivity contribution < 1.29 is 19.1 Å². The van der Waals surface area contributed by atoms with Crippen molar-refractivity contribution in [1.82, 2.24) is 14.8 Å². The summed E-state index contributed by atoms with van der Waals surface area (Å²) < 4.78 is 7.99. The molecule has 186 valence electrons. The van der Waals surface area contributed by atoms with E-state index in [9.17, 15) is 14.4 Å². The van der Waals surface area contributed by atoms with Gasteiger partial charge in [0, 0.05) is 35.2 Å². The fourth-order valence-corrected chi connectivity index (χ4v) is 5.13. The quantitative estimate of drug-likeness (QED) is 0.283. The van der Waals surface area contributed by atoms with Crippen molar-refractivity contribution in [3.8, 4) is 5.75 Å². The first-order chi connectivity index (χ1) is 17.5. The first-order valence-electron chi connectivity index (χ1n) is 12.7. The van der Waals surface area contributed by atoms with Crippen LogP contribution < -0.4 is 10.1 Å². The number of nitrogens with zero attached hydrogens (tertiary/aromatic N) is 2. The number of aryl methyl sites for hydroxylation is 2. The number of nitrogens with one attached hydrogen (secondary N) is 1. The number of benzene rings is 2. The fourth-order valence-electron chi connectivity index (χ4n) is 5.13. The minimum Gasteiger partial charge on any atom is -0.494 e. The Hall–Kier alpha value is -3.87. The second-order valence-electron chi connectivity index (χ2n) is 9.59. The highest BCUT2D eigenvalue weighted by Crippen LogP contribution is 2.28. The van der Waals surface area contributed by atoms with Crippen LogP contribution in [0, 0.1) is 6.92 Å². The highest BCUT2D eigenvalue weighted by atomic mass is 16.5. The third-order valence-electron chi connectivity index (χ3n) is 7.03. The van der Waals surface area contributed by atoms with E-state index in [4.69, 9.17) is 4.74 Å². The van der Waals surface area contributed by atoms with Crippen LogP contribution in [0.1, 0.15) is 49.7 Å². The number of urea groups is 1. The number of barbiturate groups is 1. The van der Waals surface area contributed by atoms with Crippen LogP contribution in [-0.2, 0) is 16.1 Å². The van der Waals surface area contributed by atoms with E-state index < -0.39 is 17.8 Å². The van der Waals surface area contributed by atoms with Crippen molar-refractivity contribution in [2.45, 2.75) is 58.0 Å². The van der Waals surface area contributed by atoms with E-state index in [1.54, 1.807) is 6.08 Å². The van der Waals surface area contributed by atoms with Crippen LogP contribution in [0.5, 0.6) is 5.75 Å². The Bertz CT molecular complexity index is 1320. The average molecular weight is 486 g/mol. The monoisotopic (exact) mass is 485 g/mol. The van der Waals surface area contributed by atoms with Gasteiger partial charge < -0.3 is 9.30 Å². The van der Waals surface area contributed by atoms with Crippen molar-refractivity contribution in [3.63, 3.8) is 0 Å². The SMILES string of the molecule is Cc1ccc(OCCCn2cc(C=C3C(=O)NC(=O)N(C4CCCCC4)C3=O)c3ccccc32)cc1.